The zero-order chi connectivity index (χ0) is 11.7. The van der Waals surface area contributed by atoms with Crippen LogP contribution in [0.2, 0.25) is 0 Å². The zero-order valence-corrected chi connectivity index (χ0v) is 9.66. The lowest BCUT2D eigenvalue weighted by Crippen LogP contribution is -2.06. The molecule has 3 heteroatoms. The molecular weight excluding hydrogens is 204 g/mol. The minimum Gasteiger partial charge on any atom is -0.497 e. The molecule has 0 fully saturated rings. The van der Waals surface area contributed by atoms with Gasteiger partial charge in [-0.25, -0.2) is 4.79 Å². The highest BCUT2D eigenvalue weighted by Crippen LogP contribution is 2.32. The highest BCUT2D eigenvalue weighted by Gasteiger charge is 2.20. The number of benzene rings is 1. The summed E-state index contributed by atoms with van der Waals surface area (Å²) in [5.41, 5.74) is 3.93. The number of allylic oxidation sites excluding steroid dienone is 1. The zero-order valence-electron chi connectivity index (χ0n) is 9.66. The molecule has 0 N–H and O–H groups in total. The Morgan fingerprint density at radius 3 is 2.69 bits per heavy atom. The van der Waals surface area contributed by atoms with Gasteiger partial charge in [-0.15, -0.1) is 0 Å². The minimum atomic E-state index is -0.307. The van der Waals surface area contributed by atoms with Crippen LogP contribution in [0.5, 0.6) is 5.75 Å². The Bertz CT molecular complexity index is 472. The van der Waals surface area contributed by atoms with Crippen molar-refractivity contribution < 1.29 is 14.3 Å². The molecule has 0 radical (unpaired) electrons. The fraction of sp³-hybridized carbons (Fsp3) is 0.308. The van der Waals surface area contributed by atoms with Gasteiger partial charge in [0.15, 0.2) is 0 Å². The fourth-order valence-electron chi connectivity index (χ4n) is 2.00. The molecule has 0 bridgehead atoms. The summed E-state index contributed by atoms with van der Waals surface area (Å²) in [6.07, 6.45) is 2.88. The van der Waals surface area contributed by atoms with Crippen LogP contribution in [0.4, 0.5) is 0 Å². The number of carbonyl (C=O) groups excluding carboxylic acids is 1. The van der Waals surface area contributed by atoms with Crippen LogP contribution in [0.1, 0.15) is 28.4 Å². The number of rotatable bonds is 2. The largest absolute Gasteiger partial charge is 0.497 e. The molecule has 16 heavy (non-hydrogen) atoms. The van der Waals surface area contributed by atoms with Crippen LogP contribution in [0.15, 0.2) is 17.7 Å². The summed E-state index contributed by atoms with van der Waals surface area (Å²) in [4.78, 5) is 11.6. The highest BCUT2D eigenvalue weighted by molar-refractivity contribution is 5.94. The van der Waals surface area contributed by atoms with Crippen molar-refractivity contribution in [3.8, 4) is 5.75 Å². The Balaban J connectivity index is 2.55. The van der Waals surface area contributed by atoms with Gasteiger partial charge in [0.2, 0.25) is 0 Å². The number of fused-ring (bicyclic) bond motifs is 1. The van der Waals surface area contributed by atoms with E-state index in [-0.39, 0.29) is 5.97 Å². The van der Waals surface area contributed by atoms with Gasteiger partial charge in [0.1, 0.15) is 5.75 Å². The second-order valence-corrected chi connectivity index (χ2v) is 3.90. The molecule has 0 heterocycles. The van der Waals surface area contributed by atoms with Gasteiger partial charge in [0, 0.05) is 0 Å². The predicted octanol–water partition coefficient (Wildman–Crippen LogP) is 2.44. The predicted molar refractivity (Wildman–Crippen MR) is 61.7 cm³/mol. The van der Waals surface area contributed by atoms with Crippen molar-refractivity contribution in [3.05, 3.63) is 34.4 Å². The Kier molecular flexibility index (Phi) is 2.69. The van der Waals surface area contributed by atoms with Gasteiger partial charge in [-0.2, -0.15) is 0 Å². The number of esters is 1. The lowest BCUT2D eigenvalue weighted by atomic mass is 10.0. The van der Waals surface area contributed by atoms with E-state index in [9.17, 15) is 4.79 Å². The van der Waals surface area contributed by atoms with Crippen LogP contribution in [0.3, 0.4) is 0 Å². The molecule has 0 unspecified atom stereocenters. The molecule has 0 amide bonds. The maximum absolute atomic E-state index is 11.6. The minimum absolute atomic E-state index is 0.307. The Morgan fingerprint density at radius 1 is 1.31 bits per heavy atom. The first-order valence-electron chi connectivity index (χ1n) is 5.12. The van der Waals surface area contributed by atoms with Crippen LogP contribution < -0.4 is 4.74 Å². The summed E-state index contributed by atoms with van der Waals surface area (Å²) < 4.78 is 9.95. The summed E-state index contributed by atoms with van der Waals surface area (Å²) >= 11 is 0. The third-order valence-corrected chi connectivity index (χ3v) is 2.76. The van der Waals surface area contributed by atoms with E-state index < -0.39 is 0 Å². The second kappa shape index (κ2) is 4.00. The standard InChI is InChI=1S/C13H14O3/c1-8-4-9-6-10(15-2)7-12(11(9)5-8)13(14)16-3/h4,6-7H,5H2,1-3H3. The van der Waals surface area contributed by atoms with Crippen molar-refractivity contribution in [2.75, 3.05) is 14.2 Å². The molecule has 0 saturated carbocycles. The number of ether oxygens (including phenoxy) is 2. The van der Waals surface area contributed by atoms with Crippen molar-refractivity contribution >= 4 is 12.0 Å². The first kappa shape index (κ1) is 10.7. The smallest absolute Gasteiger partial charge is 0.338 e. The van der Waals surface area contributed by atoms with Crippen LogP contribution in [0, 0.1) is 0 Å². The van der Waals surface area contributed by atoms with Crippen molar-refractivity contribution in [3.63, 3.8) is 0 Å². The number of carbonyl (C=O) groups is 1. The van der Waals surface area contributed by atoms with Gasteiger partial charge in [0.05, 0.1) is 19.8 Å². The van der Waals surface area contributed by atoms with Crippen molar-refractivity contribution in [2.45, 2.75) is 13.3 Å². The molecule has 0 aliphatic heterocycles. The second-order valence-electron chi connectivity index (χ2n) is 3.90. The van der Waals surface area contributed by atoms with Gasteiger partial charge in [0.25, 0.3) is 0 Å². The molecule has 1 aromatic carbocycles. The first-order chi connectivity index (χ1) is 7.65. The molecule has 0 aromatic heterocycles. The topological polar surface area (TPSA) is 35.5 Å². The van der Waals surface area contributed by atoms with Gasteiger partial charge in [-0.3, -0.25) is 0 Å². The fourth-order valence-corrected chi connectivity index (χ4v) is 2.00. The van der Waals surface area contributed by atoms with Gasteiger partial charge in [-0.05, 0) is 36.6 Å². The molecule has 1 aromatic rings. The third-order valence-electron chi connectivity index (χ3n) is 2.76. The van der Waals surface area contributed by atoms with E-state index in [0.717, 1.165) is 17.5 Å². The SMILES string of the molecule is COC(=O)c1cc(OC)cc2c1CC(C)=C2. The Labute approximate surface area is 94.7 Å². The normalized spacial score (nSPS) is 13.1. The van der Waals surface area contributed by atoms with E-state index in [2.05, 4.69) is 6.08 Å². The summed E-state index contributed by atoms with van der Waals surface area (Å²) in [7, 11) is 2.98. The summed E-state index contributed by atoms with van der Waals surface area (Å²) in [6, 6.07) is 3.68. The lowest BCUT2D eigenvalue weighted by molar-refractivity contribution is 0.0599. The van der Waals surface area contributed by atoms with E-state index >= 15 is 0 Å². The lowest BCUT2D eigenvalue weighted by Gasteiger charge is -2.09. The van der Waals surface area contributed by atoms with Crippen molar-refractivity contribution in [1.82, 2.24) is 0 Å². The molecule has 1 aliphatic carbocycles. The van der Waals surface area contributed by atoms with Crippen LogP contribution >= 0.6 is 0 Å². The summed E-state index contributed by atoms with van der Waals surface area (Å²) in [6.45, 7) is 2.05. The highest BCUT2D eigenvalue weighted by atomic mass is 16.5. The third kappa shape index (κ3) is 1.69. The average molecular weight is 218 g/mol. The summed E-state index contributed by atoms with van der Waals surface area (Å²) in [5.74, 6) is 0.378. The van der Waals surface area contributed by atoms with Gasteiger partial charge in [-0.1, -0.05) is 11.6 Å². The Hall–Kier alpha value is -1.77. The van der Waals surface area contributed by atoms with E-state index in [1.54, 1.807) is 13.2 Å². The van der Waals surface area contributed by atoms with Crippen LogP contribution in [0.25, 0.3) is 6.08 Å². The molecule has 2 rings (SSSR count). The van der Waals surface area contributed by atoms with Crippen LogP contribution in [-0.2, 0) is 11.2 Å². The molecule has 0 atom stereocenters. The van der Waals surface area contributed by atoms with Gasteiger partial charge >= 0.3 is 5.97 Å². The maximum Gasteiger partial charge on any atom is 0.338 e. The number of hydrogen-bond acceptors (Lipinski definition) is 3. The number of hydrogen-bond donors (Lipinski definition) is 0. The Morgan fingerprint density at radius 2 is 2.06 bits per heavy atom. The molecule has 84 valence electrons. The monoisotopic (exact) mass is 218 g/mol. The quantitative estimate of drug-likeness (QED) is 0.715. The molecule has 3 nitrogen and oxygen atoms in total. The van der Waals surface area contributed by atoms with E-state index in [1.165, 1.54) is 12.7 Å². The van der Waals surface area contributed by atoms with E-state index in [1.807, 2.05) is 13.0 Å². The summed E-state index contributed by atoms with van der Waals surface area (Å²) in [5, 5.41) is 0. The van der Waals surface area contributed by atoms with E-state index in [4.69, 9.17) is 9.47 Å². The van der Waals surface area contributed by atoms with Gasteiger partial charge < -0.3 is 9.47 Å². The molecule has 1 aliphatic rings. The van der Waals surface area contributed by atoms with E-state index in [0.29, 0.717) is 11.3 Å². The molecule has 0 spiro atoms. The maximum atomic E-state index is 11.6. The van der Waals surface area contributed by atoms with Crippen molar-refractivity contribution in [1.29, 1.82) is 0 Å². The number of methoxy groups -OCH3 is 2. The molecule has 0 saturated heterocycles. The van der Waals surface area contributed by atoms with Crippen LogP contribution in [-0.4, -0.2) is 20.2 Å². The van der Waals surface area contributed by atoms with Crippen molar-refractivity contribution in [2.24, 2.45) is 0 Å². The molecular formula is C13H14O3. The average Bonchev–Trinajstić information content (AvgIpc) is 2.66. The first-order valence-corrected chi connectivity index (χ1v) is 5.12.